The first-order valence-corrected chi connectivity index (χ1v) is 8.16. The molecule has 24 heavy (non-hydrogen) atoms. The molecule has 1 N–H and O–H groups in total. The fourth-order valence-electron chi connectivity index (χ4n) is 3.81. The molecule has 2 atom stereocenters. The number of benzene rings is 1. The van der Waals surface area contributed by atoms with Crippen LogP contribution in [0.5, 0.6) is 0 Å². The summed E-state index contributed by atoms with van der Waals surface area (Å²) in [4.78, 5) is 27.1. The molecular formula is C18H21N3O3. The van der Waals surface area contributed by atoms with Crippen molar-refractivity contribution < 1.29 is 14.3 Å². The van der Waals surface area contributed by atoms with Crippen LogP contribution in [0.1, 0.15) is 22.3 Å². The summed E-state index contributed by atoms with van der Waals surface area (Å²) in [6.07, 6.45) is 0.912. The summed E-state index contributed by atoms with van der Waals surface area (Å²) < 4.78 is 5.53. The van der Waals surface area contributed by atoms with Gasteiger partial charge in [-0.1, -0.05) is 12.1 Å². The van der Waals surface area contributed by atoms with Gasteiger partial charge in [0.05, 0.1) is 24.5 Å². The number of rotatable bonds is 3. The van der Waals surface area contributed by atoms with Gasteiger partial charge in [0.15, 0.2) is 0 Å². The van der Waals surface area contributed by atoms with Gasteiger partial charge < -0.3 is 15.0 Å². The Hall–Kier alpha value is -2.39. The van der Waals surface area contributed by atoms with Crippen molar-refractivity contribution in [2.24, 2.45) is 11.3 Å². The molecule has 2 fully saturated rings. The molecule has 6 heteroatoms. The summed E-state index contributed by atoms with van der Waals surface area (Å²) >= 11 is 0. The first kappa shape index (κ1) is 16.5. The highest BCUT2D eigenvalue weighted by Gasteiger charge is 2.54. The van der Waals surface area contributed by atoms with Crippen LogP contribution in [0.2, 0.25) is 0 Å². The first-order chi connectivity index (χ1) is 11.6. The fourth-order valence-corrected chi connectivity index (χ4v) is 3.81. The lowest BCUT2D eigenvalue weighted by atomic mass is 9.73. The predicted molar refractivity (Wildman–Crippen MR) is 87.1 cm³/mol. The van der Waals surface area contributed by atoms with Crippen molar-refractivity contribution in [1.29, 1.82) is 5.26 Å². The lowest BCUT2D eigenvalue weighted by Gasteiger charge is -2.36. The van der Waals surface area contributed by atoms with Crippen LogP contribution >= 0.6 is 0 Å². The highest BCUT2D eigenvalue weighted by Crippen LogP contribution is 2.42. The Morgan fingerprint density at radius 1 is 1.50 bits per heavy atom. The standard InChI is InChI=1S/C18H21N3O3/c1-20-17(23)18-6-8-24-11-15(18)10-21(12-18)16(22)14-4-2-3-13(9-14)5-7-19/h2-4,9,15H,5-6,8,10-12H2,1H3,(H,20,23)/t15-,18+/m1/s1. The predicted octanol–water partition coefficient (Wildman–Crippen LogP) is 0.977. The lowest BCUT2D eigenvalue weighted by Crippen LogP contribution is -2.49. The molecule has 0 aliphatic carbocycles. The van der Waals surface area contributed by atoms with Gasteiger partial charge >= 0.3 is 0 Å². The van der Waals surface area contributed by atoms with Gasteiger partial charge in [0.2, 0.25) is 5.91 Å². The van der Waals surface area contributed by atoms with E-state index in [0.717, 1.165) is 5.56 Å². The molecule has 1 aromatic rings. The van der Waals surface area contributed by atoms with Crippen molar-refractivity contribution in [1.82, 2.24) is 10.2 Å². The smallest absolute Gasteiger partial charge is 0.253 e. The van der Waals surface area contributed by atoms with Crippen LogP contribution in [0.25, 0.3) is 0 Å². The van der Waals surface area contributed by atoms with E-state index < -0.39 is 5.41 Å². The minimum atomic E-state index is -0.549. The van der Waals surface area contributed by atoms with E-state index >= 15 is 0 Å². The lowest BCUT2D eigenvalue weighted by molar-refractivity contribution is -0.138. The fraction of sp³-hybridized carbons (Fsp3) is 0.500. The quantitative estimate of drug-likeness (QED) is 0.897. The Labute approximate surface area is 141 Å². The molecule has 0 saturated carbocycles. The Morgan fingerprint density at radius 3 is 3.08 bits per heavy atom. The number of fused-ring (bicyclic) bond motifs is 1. The van der Waals surface area contributed by atoms with Gasteiger partial charge in [-0.05, 0) is 24.1 Å². The van der Waals surface area contributed by atoms with Gasteiger partial charge in [-0.25, -0.2) is 0 Å². The normalized spacial score (nSPS) is 25.7. The minimum absolute atomic E-state index is 0.00988. The maximum Gasteiger partial charge on any atom is 0.253 e. The van der Waals surface area contributed by atoms with Crippen molar-refractivity contribution in [3.05, 3.63) is 35.4 Å². The second-order valence-electron chi connectivity index (χ2n) is 6.48. The zero-order valence-electron chi connectivity index (χ0n) is 13.7. The number of carbonyl (C=O) groups is 2. The largest absolute Gasteiger partial charge is 0.381 e. The third-order valence-corrected chi connectivity index (χ3v) is 5.13. The zero-order valence-corrected chi connectivity index (χ0v) is 13.7. The minimum Gasteiger partial charge on any atom is -0.381 e. The molecule has 126 valence electrons. The summed E-state index contributed by atoms with van der Waals surface area (Å²) in [5.74, 6) is -0.0748. The molecule has 3 rings (SSSR count). The van der Waals surface area contributed by atoms with E-state index in [1.165, 1.54) is 0 Å². The van der Waals surface area contributed by atoms with Crippen LogP contribution < -0.4 is 5.32 Å². The molecule has 2 heterocycles. The van der Waals surface area contributed by atoms with Crippen LogP contribution in [-0.2, 0) is 16.0 Å². The van der Waals surface area contributed by atoms with Crippen molar-refractivity contribution in [2.75, 3.05) is 33.4 Å². The van der Waals surface area contributed by atoms with E-state index in [9.17, 15) is 9.59 Å². The molecule has 0 spiro atoms. The van der Waals surface area contributed by atoms with Gasteiger partial charge in [0, 0.05) is 38.2 Å². The Morgan fingerprint density at radius 2 is 2.33 bits per heavy atom. The molecule has 0 radical (unpaired) electrons. The average molecular weight is 327 g/mol. The summed E-state index contributed by atoms with van der Waals surface area (Å²) in [6.45, 7) is 1.99. The highest BCUT2D eigenvalue weighted by atomic mass is 16.5. The van der Waals surface area contributed by atoms with Gasteiger partial charge in [-0.2, -0.15) is 5.26 Å². The van der Waals surface area contributed by atoms with Gasteiger partial charge in [0.1, 0.15) is 0 Å². The van der Waals surface area contributed by atoms with E-state index in [0.29, 0.717) is 38.3 Å². The molecule has 0 bridgehead atoms. The van der Waals surface area contributed by atoms with Gasteiger partial charge in [-0.15, -0.1) is 0 Å². The molecule has 1 aromatic carbocycles. The van der Waals surface area contributed by atoms with Crippen molar-refractivity contribution in [3.63, 3.8) is 0 Å². The summed E-state index contributed by atoms with van der Waals surface area (Å²) in [5.41, 5.74) is 0.839. The number of nitriles is 1. The first-order valence-electron chi connectivity index (χ1n) is 8.16. The number of hydrogen-bond acceptors (Lipinski definition) is 4. The Kier molecular flexibility index (Phi) is 4.54. The second kappa shape index (κ2) is 6.62. The number of carbonyl (C=O) groups excluding carboxylic acids is 2. The van der Waals surface area contributed by atoms with Gasteiger partial charge in [-0.3, -0.25) is 9.59 Å². The van der Waals surface area contributed by atoms with E-state index in [-0.39, 0.29) is 24.2 Å². The zero-order chi connectivity index (χ0) is 17.2. The summed E-state index contributed by atoms with van der Waals surface area (Å²) in [5, 5.41) is 11.6. The van der Waals surface area contributed by atoms with Crippen molar-refractivity contribution in [3.8, 4) is 6.07 Å². The molecule has 2 aliphatic rings. The number of amides is 2. The topological polar surface area (TPSA) is 82.4 Å². The molecule has 0 aromatic heterocycles. The monoisotopic (exact) mass is 327 g/mol. The Balaban J connectivity index is 1.83. The number of likely N-dealkylation sites (tertiary alicyclic amines) is 1. The number of ether oxygens (including phenoxy) is 1. The third kappa shape index (κ3) is 2.76. The molecule has 2 saturated heterocycles. The number of nitrogens with zero attached hydrogens (tertiary/aromatic N) is 2. The van der Waals surface area contributed by atoms with E-state index in [4.69, 9.17) is 10.00 Å². The van der Waals surface area contributed by atoms with Gasteiger partial charge in [0.25, 0.3) is 5.91 Å². The molecule has 2 aliphatic heterocycles. The van der Waals surface area contributed by atoms with Crippen LogP contribution in [-0.4, -0.2) is 50.1 Å². The van der Waals surface area contributed by atoms with Crippen LogP contribution in [0.3, 0.4) is 0 Å². The number of nitrogens with one attached hydrogen (secondary N) is 1. The molecule has 0 unspecified atom stereocenters. The van der Waals surface area contributed by atoms with Crippen LogP contribution in [0, 0.1) is 22.7 Å². The SMILES string of the molecule is CNC(=O)[C@]12CCOC[C@H]1CN(C(=O)c1cccc(CC#N)c1)C2. The maximum absolute atomic E-state index is 12.9. The van der Waals surface area contributed by atoms with Crippen LogP contribution in [0.4, 0.5) is 0 Å². The van der Waals surface area contributed by atoms with E-state index in [1.54, 1.807) is 30.1 Å². The molecular weight excluding hydrogens is 306 g/mol. The van der Waals surface area contributed by atoms with E-state index in [1.807, 2.05) is 6.07 Å². The van der Waals surface area contributed by atoms with Crippen molar-refractivity contribution in [2.45, 2.75) is 12.8 Å². The Bertz CT molecular complexity index is 697. The number of hydrogen-bond donors (Lipinski definition) is 1. The van der Waals surface area contributed by atoms with E-state index in [2.05, 4.69) is 11.4 Å². The maximum atomic E-state index is 12.9. The van der Waals surface area contributed by atoms with Crippen molar-refractivity contribution >= 4 is 11.8 Å². The molecule has 2 amide bonds. The third-order valence-electron chi connectivity index (χ3n) is 5.13. The highest BCUT2D eigenvalue weighted by molar-refractivity contribution is 5.95. The second-order valence-corrected chi connectivity index (χ2v) is 6.48. The summed E-state index contributed by atoms with van der Waals surface area (Å²) in [6, 6.07) is 9.24. The summed E-state index contributed by atoms with van der Waals surface area (Å²) in [7, 11) is 1.64. The van der Waals surface area contributed by atoms with Crippen LogP contribution in [0.15, 0.2) is 24.3 Å². The molecule has 6 nitrogen and oxygen atoms in total. The average Bonchev–Trinajstić information content (AvgIpc) is 3.01.